The molecule has 3 aromatic rings. The number of halogens is 3. The van der Waals surface area contributed by atoms with Gasteiger partial charge in [-0.15, -0.1) is 0 Å². The van der Waals surface area contributed by atoms with Crippen LogP contribution in [-0.4, -0.2) is 41.8 Å². The van der Waals surface area contributed by atoms with Crippen molar-refractivity contribution in [1.29, 1.82) is 0 Å². The molecule has 2 heterocycles. The van der Waals surface area contributed by atoms with Crippen molar-refractivity contribution in [3.63, 3.8) is 0 Å². The van der Waals surface area contributed by atoms with Gasteiger partial charge in [-0.25, -0.2) is 12.4 Å². The quantitative estimate of drug-likeness (QED) is 0.729. The highest BCUT2D eigenvalue weighted by Gasteiger charge is 2.31. The molecule has 1 aromatic carbocycles. The molecule has 0 spiro atoms. The molecule has 0 fully saturated rings. The first kappa shape index (κ1) is 19.3. The van der Waals surface area contributed by atoms with E-state index in [0.717, 1.165) is 15.7 Å². The third-order valence-electron chi connectivity index (χ3n) is 4.15. The summed E-state index contributed by atoms with van der Waals surface area (Å²) in [7, 11) is -3.96. The van der Waals surface area contributed by atoms with E-state index in [1.54, 1.807) is 17.4 Å². The summed E-state index contributed by atoms with van der Waals surface area (Å²) < 4.78 is 64.8. The summed E-state index contributed by atoms with van der Waals surface area (Å²) in [4.78, 5) is 12.3. The maximum atomic E-state index is 12.4. The van der Waals surface area contributed by atoms with Crippen molar-refractivity contribution < 1.29 is 26.4 Å². The van der Waals surface area contributed by atoms with Crippen LogP contribution in [0.3, 0.4) is 0 Å². The summed E-state index contributed by atoms with van der Waals surface area (Å²) in [5.74, 6) is -1.10. The molecule has 146 valence electrons. The van der Waals surface area contributed by atoms with Crippen LogP contribution in [0.4, 0.5) is 13.2 Å². The van der Waals surface area contributed by atoms with Crippen LogP contribution in [-0.2, 0) is 10.0 Å². The van der Waals surface area contributed by atoms with Crippen molar-refractivity contribution in [3.8, 4) is 0 Å². The van der Waals surface area contributed by atoms with Gasteiger partial charge in [-0.3, -0.25) is 4.79 Å². The zero-order chi connectivity index (χ0) is 20.1. The molecule has 0 atom stereocenters. The van der Waals surface area contributed by atoms with Gasteiger partial charge in [0.1, 0.15) is 12.2 Å². The number of fused-ring (bicyclic) bond motifs is 3. The molecule has 3 rings (SSSR count). The Morgan fingerprint density at radius 3 is 2.37 bits per heavy atom. The zero-order valence-electron chi connectivity index (χ0n) is 14.8. The Morgan fingerprint density at radius 1 is 1.19 bits per heavy atom. The van der Waals surface area contributed by atoms with Crippen molar-refractivity contribution >= 4 is 37.9 Å². The molecule has 0 radical (unpaired) electrons. The summed E-state index contributed by atoms with van der Waals surface area (Å²) in [5, 5.41) is 2.34. The topological polar surface area (TPSA) is 73.1 Å². The molecule has 2 aromatic heterocycles. The Labute approximate surface area is 153 Å². The van der Waals surface area contributed by atoms with Gasteiger partial charge in [0.15, 0.2) is 0 Å². The minimum atomic E-state index is -4.60. The summed E-state index contributed by atoms with van der Waals surface area (Å²) in [6, 6.07) is 8.34. The number of para-hydroxylation sites is 1. The average molecular weight is 401 g/mol. The first-order valence-corrected chi connectivity index (χ1v) is 9.96. The molecule has 1 N–H and O–H groups in total. The van der Waals surface area contributed by atoms with E-state index in [9.17, 15) is 26.4 Å². The van der Waals surface area contributed by atoms with Crippen molar-refractivity contribution in [2.24, 2.45) is 0 Å². The molecule has 0 saturated heterocycles. The number of nitrogens with one attached hydrogen (secondary N) is 1. The molecule has 0 aliphatic rings. The fraction of sp³-hybridized carbons (Fsp3) is 0.353. The second-order valence-electron chi connectivity index (χ2n) is 6.57. The summed E-state index contributed by atoms with van der Waals surface area (Å²) in [6.45, 7) is 2.25. The van der Waals surface area contributed by atoms with Crippen molar-refractivity contribution in [1.82, 2.24) is 13.9 Å². The Kier molecular flexibility index (Phi) is 4.49. The molecule has 0 bridgehead atoms. The van der Waals surface area contributed by atoms with Crippen LogP contribution in [0.15, 0.2) is 30.3 Å². The average Bonchev–Trinajstić information content (AvgIpc) is 3.05. The normalized spacial score (nSPS) is 13.0. The molecule has 6 nitrogen and oxygen atoms in total. The molecule has 27 heavy (non-hydrogen) atoms. The van der Waals surface area contributed by atoms with E-state index >= 15 is 0 Å². The molecule has 0 aliphatic carbocycles. The summed E-state index contributed by atoms with van der Waals surface area (Å²) in [5.41, 5.74) is 1.16. The number of hydrogen-bond acceptors (Lipinski definition) is 3. The SMILES string of the molecule is CC(C)n1c2ccccc2c2c1cc(C(=O)NCC(F)(F)F)n2S(C)(=O)=O. The van der Waals surface area contributed by atoms with E-state index in [2.05, 4.69) is 0 Å². The predicted molar refractivity (Wildman–Crippen MR) is 96.4 cm³/mol. The van der Waals surface area contributed by atoms with E-state index in [1.165, 1.54) is 6.07 Å². The minimum absolute atomic E-state index is 0.0612. The van der Waals surface area contributed by atoms with E-state index in [0.29, 0.717) is 10.9 Å². The molecular formula is C17H18F3N3O3S. The van der Waals surface area contributed by atoms with Gasteiger partial charge in [0, 0.05) is 11.4 Å². The van der Waals surface area contributed by atoms with Gasteiger partial charge in [0.2, 0.25) is 10.0 Å². The summed E-state index contributed by atoms with van der Waals surface area (Å²) >= 11 is 0. The number of aromatic nitrogens is 2. The second-order valence-corrected chi connectivity index (χ2v) is 8.40. The lowest BCUT2D eigenvalue weighted by Crippen LogP contribution is -2.35. The third-order valence-corrected chi connectivity index (χ3v) is 5.19. The number of benzene rings is 1. The molecule has 1 amide bonds. The van der Waals surface area contributed by atoms with Crippen LogP contribution in [0.5, 0.6) is 0 Å². The van der Waals surface area contributed by atoms with Crippen LogP contribution < -0.4 is 5.32 Å². The number of alkyl halides is 3. The fourth-order valence-corrected chi connectivity index (χ4v) is 4.27. The number of nitrogens with zero attached hydrogens (tertiary/aromatic N) is 2. The first-order chi connectivity index (χ1) is 12.4. The standard InChI is InChI=1S/C17H18F3N3O3S/c1-10(2)22-12-7-5-4-6-11(12)15-13(22)8-14(23(15)27(3,25)26)16(24)21-9-17(18,19)20/h4-8,10H,9H2,1-3H3,(H,21,24). The highest BCUT2D eigenvalue weighted by atomic mass is 32.2. The van der Waals surface area contributed by atoms with Crippen LogP contribution >= 0.6 is 0 Å². The minimum Gasteiger partial charge on any atom is -0.342 e. The number of rotatable bonds is 4. The Morgan fingerprint density at radius 2 is 1.81 bits per heavy atom. The van der Waals surface area contributed by atoms with Gasteiger partial charge in [0.25, 0.3) is 5.91 Å². The molecular weight excluding hydrogens is 383 g/mol. The lowest BCUT2D eigenvalue weighted by Gasteiger charge is -2.11. The Balaban J connectivity index is 2.33. The predicted octanol–water partition coefficient (Wildman–Crippen LogP) is 3.28. The van der Waals surface area contributed by atoms with Gasteiger partial charge in [-0.2, -0.15) is 13.2 Å². The number of carbonyl (C=O) groups is 1. The van der Waals surface area contributed by atoms with Crippen molar-refractivity contribution in [2.75, 3.05) is 12.8 Å². The fourth-order valence-electron chi connectivity index (χ4n) is 3.26. The van der Waals surface area contributed by atoms with Gasteiger partial charge in [-0.05, 0) is 26.0 Å². The second kappa shape index (κ2) is 6.29. The maximum Gasteiger partial charge on any atom is 0.405 e. The smallest absolute Gasteiger partial charge is 0.342 e. The number of carbonyl (C=O) groups excluding carboxylic acids is 1. The van der Waals surface area contributed by atoms with Gasteiger partial charge < -0.3 is 9.88 Å². The van der Waals surface area contributed by atoms with Crippen LogP contribution in [0, 0.1) is 0 Å². The molecule has 0 saturated carbocycles. The molecule has 0 aliphatic heterocycles. The lowest BCUT2D eigenvalue weighted by atomic mass is 10.2. The monoisotopic (exact) mass is 401 g/mol. The number of hydrogen-bond donors (Lipinski definition) is 1. The third kappa shape index (κ3) is 3.41. The first-order valence-electron chi connectivity index (χ1n) is 8.11. The van der Waals surface area contributed by atoms with Crippen LogP contribution in [0.2, 0.25) is 0 Å². The van der Waals surface area contributed by atoms with E-state index in [-0.39, 0.29) is 17.3 Å². The Bertz CT molecular complexity index is 1140. The van der Waals surface area contributed by atoms with Gasteiger partial charge in [-0.1, -0.05) is 18.2 Å². The van der Waals surface area contributed by atoms with Gasteiger partial charge in [0.05, 0.1) is 22.8 Å². The number of amides is 1. The van der Waals surface area contributed by atoms with E-state index in [1.807, 2.05) is 30.5 Å². The maximum absolute atomic E-state index is 12.4. The Hall–Kier alpha value is -2.49. The van der Waals surface area contributed by atoms with E-state index in [4.69, 9.17) is 0 Å². The highest BCUT2D eigenvalue weighted by Crippen LogP contribution is 2.35. The largest absolute Gasteiger partial charge is 0.405 e. The van der Waals surface area contributed by atoms with Crippen molar-refractivity contribution in [3.05, 3.63) is 36.0 Å². The van der Waals surface area contributed by atoms with Crippen LogP contribution in [0.25, 0.3) is 21.9 Å². The van der Waals surface area contributed by atoms with E-state index < -0.39 is 28.7 Å². The zero-order valence-corrected chi connectivity index (χ0v) is 15.6. The van der Waals surface area contributed by atoms with Gasteiger partial charge >= 0.3 is 6.18 Å². The molecule has 10 heteroatoms. The molecule has 0 unspecified atom stereocenters. The van der Waals surface area contributed by atoms with Crippen LogP contribution in [0.1, 0.15) is 30.4 Å². The highest BCUT2D eigenvalue weighted by molar-refractivity contribution is 7.89. The lowest BCUT2D eigenvalue weighted by molar-refractivity contribution is -0.123. The summed E-state index contributed by atoms with van der Waals surface area (Å²) in [6.07, 6.45) is -3.69. The van der Waals surface area contributed by atoms with Crippen molar-refractivity contribution in [2.45, 2.75) is 26.1 Å².